The molecule has 1 N–H and O–H groups in total. The van der Waals surface area contributed by atoms with Crippen LogP contribution in [-0.2, 0) is 0 Å². The highest BCUT2D eigenvalue weighted by atomic mass is 19.1. The first-order valence-electron chi connectivity index (χ1n) is 8.90. The number of nitriles is 3. The van der Waals surface area contributed by atoms with Gasteiger partial charge in [-0.25, -0.2) is 4.39 Å². The molecule has 0 spiro atoms. The topological polar surface area (TPSA) is 98.5 Å². The van der Waals surface area contributed by atoms with Gasteiger partial charge in [-0.2, -0.15) is 15.8 Å². The first kappa shape index (κ1) is 18.8. The molecule has 1 saturated carbocycles. The zero-order chi connectivity index (χ0) is 19.8. The van der Waals surface area contributed by atoms with Crippen LogP contribution in [0.15, 0.2) is 35.9 Å². The minimum atomic E-state index is -1.87. The molecule has 3 rings (SSSR count). The van der Waals surface area contributed by atoms with E-state index in [0.29, 0.717) is 13.1 Å². The molecule has 1 aromatic carbocycles. The summed E-state index contributed by atoms with van der Waals surface area (Å²) in [6.07, 6.45) is 1.92. The van der Waals surface area contributed by atoms with Gasteiger partial charge in [0.1, 0.15) is 11.7 Å². The van der Waals surface area contributed by atoms with Crippen molar-refractivity contribution in [1.82, 2.24) is 4.90 Å². The van der Waals surface area contributed by atoms with Gasteiger partial charge in [0.05, 0.1) is 23.9 Å². The lowest BCUT2D eigenvalue weighted by Crippen LogP contribution is -2.53. The molecule has 1 aliphatic heterocycles. The molecule has 6 heteroatoms. The maximum absolute atomic E-state index is 14.7. The molecule has 0 radical (unpaired) electrons. The van der Waals surface area contributed by atoms with Gasteiger partial charge in [-0.1, -0.05) is 24.3 Å². The molecule has 1 aromatic rings. The molecule has 0 saturated heterocycles. The lowest BCUT2D eigenvalue weighted by Gasteiger charge is -2.48. The maximum Gasteiger partial charge on any atom is 0.189 e. The number of benzene rings is 1. The second kappa shape index (κ2) is 6.95. The van der Waals surface area contributed by atoms with Crippen molar-refractivity contribution >= 4 is 5.71 Å². The quantitative estimate of drug-likeness (QED) is 0.816. The highest BCUT2D eigenvalue weighted by Gasteiger charge is 2.58. The molecule has 27 heavy (non-hydrogen) atoms. The second-order valence-electron chi connectivity index (χ2n) is 7.36. The number of nitrogens with zero attached hydrogens (tertiary/aromatic N) is 4. The van der Waals surface area contributed by atoms with E-state index < -0.39 is 23.1 Å². The lowest BCUT2D eigenvalue weighted by molar-refractivity contribution is 0.170. The van der Waals surface area contributed by atoms with Crippen LogP contribution >= 0.6 is 0 Å². The van der Waals surface area contributed by atoms with Crippen molar-refractivity contribution in [2.75, 3.05) is 13.1 Å². The normalized spacial score (nSPS) is 27.1. The first-order valence-corrected chi connectivity index (χ1v) is 8.90. The van der Waals surface area contributed by atoms with Crippen LogP contribution < -0.4 is 0 Å². The standard InChI is InChI=1S/C21H20FN5/c1-13(2)27-8-7-14-16(9-23)20(26)21(11-24,12-25)19(17(14)10-27)15-5-3-4-6-18(15)22/h3-7,13,16-17,19,26H,8,10H2,1-2H3/t16?,17-,19+/m1/s1. The molecule has 0 aromatic heterocycles. The van der Waals surface area contributed by atoms with E-state index in [9.17, 15) is 20.2 Å². The average Bonchev–Trinajstić information content (AvgIpc) is 2.67. The molecule has 1 aliphatic carbocycles. The van der Waals surface area contributed by atoms with E-state index in [1.54, 1.807) is 18.2 Å². The zero-order valence-electron chi connectivity index (χ0n) is 15.3. The Labute approximate surface area is 158 Å². The van der Waals surface area contributed by atoms with Crippen molar-refractivity contribution in [3.8, 4) is 18.2 Å². The van der Waals surface area contributed by atoms with Gasteiger partial charge in [-0.05, 0) is 31.1 Å². The van der Waals surface area contributed by atoms with Crippen molar-refractivity contribution in [2.45, 2.75) is 25.8 Å². The Morgan fingerprint density at radius 2 is 1.89 bits per heavy atom. The number of nitrogens with one attached hydrogen (secondary N) is 1. The van der Waals surface area contributed by atoms with E-state index in [4.69, 9.17) is 5.41 Å². The Balaban J connectivity index is 2.27. The third-order valence-electron chi connectivity index (χ3n) is 5.79. The van der Waals surface area contributed by atoms with Gasteiger partial charge in [0.2, 0.25) is 0 Å². The minimum absolute atomic E-state index is 0.226. The molecular formula is C21H20FN5. The molecule has 1 unspecified atom stereocenters. The SMILES string of the molecule is CC(C)N1CC=C2C(C#N)C(=N)C(C#N)(C#N)[C@@H](c3ccccc3F)[C@@H]2C1. The van der Waals surface area contributed by atoms with E-state index in [2.05, 4.69) is 11.0 Å². The van der Waals surface area contributed by atoms with Crippen LogP contribution in [0.1, 0.15) is 25.3 Å². The summed E-state index contributed by atoms with van der Waals surface area (Å²) in [4.78, 5) is 2.17. The Kier molecular flexibility index (Phi) is 4.83. The van der Waals surface area contributed by atoms with Crippen LogP contribution in [-0.4, -0.2) is 29.7 Å². The summed E-state index contributed by atoms with van der Waals surface area (Å²) in [6, 6.07) is 12.4. The number of hydrogen-bond acceptors (Lipinski definition) is 5. The summed E-state index contributed by atoms with van der Waals surface area (Å²) >= 11 is 0. The van der Waals surface area contributed by atoms with Crippen LogP contribution in [0, 0.1) is 62.5 Å². The van der Waals surface area contributed by atoms with Gasteiger partial charge in [-0.15, -0.1) is 0 Å². The summed E-state index contributed by atoms with van der Waals surface area (Å²) in [5, 5.41) is 38.1. The molecule has 3 atom stereocenters. The van der Waals surface area contributed by atoms with Gasteiger partial charge < -0.3 is 5.41 Å². The fourth-order valence-corrected chi connectivity index (χ4v) is 4.32. The largest absolute Gasteiger partial charge is 0.305 e. The van der Waals surface area contributed by atoms with Crippen molar-refractivity contribution in [3.05, 3.63) is 47.3 Å². The molecule has 1 fully saturated rings. The number of rotatable bonds is 2. The van der Waals surface area contributed by atoms with E-state index in [1.165, 1.54) is 6.07 Å². The minimum Gasteiger partial charge on any atom is -0.305 e. The van der Waals surface area contributed by atoms with E-state index >= 15 is 0 Å². The van der Waals surface area contributed by atoms with Gasteiger partial charge in [-0.3, -0.25) is 4.90 Å². The Bertz CT molecular complexity index is 913. The highest BCUT2D eigenvalue weighted by molar-refractivity contribution is 6.00. The molecule has 136 valence electrons. The molecule has 0 amide bonds. The van der Waals surface area contributed by atoms with E-state index in [0.717, 1.165) is 5.57 Å². The first-order chi connectivity index (χ1) is 12.9. The summed E-state index contributed by atoms with van der Waals surface area (Å²) in [7, 11) is 0. The number of hydrogen-bond donors (Lipinski definition) is 1. The summed E-state index contributed by atoms with van der Waals surface area (Å²) in [5.41, 5.74) is -1.13. The molecule has 0 bridgehead atoms. The summed E-state index contributed by atoms with van der Waals surface area (Å²) < 4.78 is 14.7. The van der Waals surface area contributed by atoms with Gasteiger partial charge in [0, 0.05) is 31.0 Å². The van der Waals surface area contributed by atoms with Crippen LogP contribution in [0.25, 0.3) is 0 Å². The van der Waals surface area contributed by atoms with Crippen molar-refractivity contribution < 1.29 is 4.39 Å². The smallest absolute Gasteiger partial charge is 0.189 e. The third-order valence-corrected chi connectivity index (χ3v) is 5.79. The van der Waals surface area contributed by atoms with Crippen LogP contribution in [0.2, 0.25) is 0 Å². The monoisotopic (exact) mass is 361 g/mol. The van der Waals surface area contributed by atoms with E-state index in [1.807, 2.05) is 32.1 Å². The van der Waals surface area contributed by atoms with Crippen molar-refractivity contribution in [1.29, 1.82) is 21.2 Å². The fourth-order valence-electron chi connectivity index (χ4n) is 4.32. The fraction of sp³-hybridized carbons (Fsp3) is 0.429. The van der Waals surface area contributed by atoms with Gasteiger partial charge in [0.15, 0.2) is 5.41 Å². The highest BCUT2D eigenvalue weighted by Crippen LogP contribution is 2.53. The second-order valence-corrected chi connectivity index (χ2v) is 7.36. The number of fused-ring (bicyclic) bond motifs is 1. The Hall–Kier alpha value is -3.01. The average molecular weight is 361 g/mol. The van der Waals surface area contributed by atoms with Crippen LogP contribution in [0.4, 0.5) is 4.39 Å². The molecule has 1 heterocycles. The molecule has 5 nitrogen and oxygen atoms in total. The van der Waals surface area contributed by atoms with Gasteiger partial charge in [0.25, 0.3) is 0 Å². The van der Waals surface area contributed by atoms with E-state index in [-0.39, 0.29) is 23.2 Å². The lowest BCUT2D eigenvalue weighted by atomic mass is 9.54. The summed E-state index contributed by atoms with van der Waals surface area (Å²) in [6.45, 7) is 5.24. The molecular weight excluding hydrogens is 341 g/mol. The molecule has 2 aliphatic rings. The van der Waals surface area contributed by atoms with Gasteiger partial charge >= 0.3 is 0 Å². The number of halogens is 1. The predicted octanol–water partition coefficient (Wildman–Crippen LogP) is 3.38. The van der Waals surface area contributed by atoms with Crippen LogP contribution in [0.3, 0.4) is 0 Å². The van der Waals surface area contributed by atoms with Crippen LogP contribution in [0.5, 0.6) is 0 Å². The van der Waals surface area contributed by atoms with Crippen molar-refractivity contribution in [3.63, 3.8) is 0 Å². The predicted molar refractivity (Wildman–Crippen MR) is 97.9 cm³/mol. The maximum atomic E-state index is 14.7. The zero-order valence-corrected chi connectivity index (χ0v) is 15.3. The summed E-state index contributed by atoms with van der Waals surface area (Å²) in [5.74, 6) is -2.64. The third kappa shape index (κ3) is 2.72. The van der Waals surface area contributed by atoms with Crippen molar-refractivity contribution in [2.24, 2.45) is 17.3 Å². The Morgan fingerprint density at radius 3 is 2.44 bits per heavy atom. The Morgan fingerprint density at radius 1 is 1.22 bits per heavy atom.